The van der Waals surface area contributed by atoms with Crippen molar-refractivity contribution in [1.29, 1.82) is 0 Å². The second-order valence-electron chi connectivity index (χ2n) is 4.95. The molecule has 0 bridgehead atoms. The first-order chi connectivity index (χ1) is 10.1. The molecule has 0 fully saturated rings. The predicted octanol–water partition coefficient (Wildman–Crippen LogP) is 3.60. The van der Waals surface area contributed by atoms with Crippen LogP contribution in [0.2, 0.25) is 0 Å². The largest absolute Gasteiger partial charge is 0.486 e. The normalized spacial score (nSPS) is 14.8. The van der Waals surface area contributed by atoms with Crippen LogP contribution in [0.15, 0.2) is 40.9 Å². The monoisotopic (exact) mass is 351 g/mol. The van der Waals surface area contributed by atoms with Crippen molar-refractivity contribution >= 4 is 15.9 Å². The van der Waals surface area contributed by atoms with Crippen LogP contribution in [0.4, 0.5) is 4.39 Å². The molecule has 5 heteroatoms. The average Bonchev–Trinajstić information content (AvgIpc) is 2.50. The molecule has 1 aliphatic rings. The van der Waals surface area contributed by atoms with Gasteiger partial charge in [-0.05, 0) is 47.9 Å². The highest BCUT2D eigenvalue weighted by molar-refractivity contribution is 9.10. The van der Waals surface area contributed by atoms with E-state index in [0.29, 0.717) is 25.4 Å². The lowest BCUT2D eigenvalue weighted by Gasteiger charge is -2.20. The number of fused-ring (bicyclic) bond motifs is 1. The summed E-state index contributed by atoms with van der Waals surface area (Å²) in [7, 11) is 0. The van der Waals surface area contributed by atoms with Gasteiger partial charge in [-0.25, -0.2) is 4.39 Å². The molecule has 21 heavy (non-hydrogen) atoms. The summed E-state index contributed by atoms with van der Waals surface area (Å²) in [4.78, 5) is 0. The van der Waals surface area contributed by atoms with Crippen LogP contribution in [0.5, 0.6) is 11.5 Å². The van der Waals surface area contributed by atoms with Gasteiger partial charge in [0.1, 0.15) is 19.0 Å². The van der Waals surface area contributed by atoms with E-state index in [9.17, 15) is 4.39 Å². The molecule has 0 aliphatic carbocycles. The quantitative estimate of drug-likeness (QED) is 0.918. The fraction of sp³-hybridized carbons (Fsp3) is 0.250. The van der Waals surface area contributed by atoms with Crippen molar-refractivity contribution in [3.63, 3.8) is 0 Å². The summed E-state index contributed by atoms with van der Waals surface area (Å²) in [5, 5.41) is 0. The number of hydrogen-bond donors (Lipinski definition) is 1. The molecule has 3 rings (SSSR count). The third-order valence-electron chi connectivity index (χ3n) is 3.44. The average molecular weight is 352 g/mol. The molecule has 1 unspecified atom stereocenters. The summed E-state index contributed by atoms with van der Waals surface area (Å²) in [6, 6.07) is 10.1. The molecule has 2 aromatic carbocycles. The molecule has 3 nitrogen and oxygen atoms in total. The maximum absolute atomic E-state index is 13.3. The molecule has 0 saturated carbocycles. The number of halogens is 2. The Labute approximate surface area is 131 Å². The molecule has 0 radical (unpaired) electrons. The van der Waals surface area contributed by atoms with Crippen LogP contribution in [0.3, 0.4) is 0 Å². The minimum atomic E-state index is -0.262. The van der Waals surface area contributed by atoms with Gasteiger partial charge in [0.25, 0.3) is 0 Å². The van der Waals surface area contributed by atoms with E-state index >= 15 is 0 Å². The van der Waals surface area contributed by atoms with Gasteiger partial charge in [-0.2, -0.15) is 0 Å². The van der Waals surface area contributed by atoms with Gasteiger partial charge in [0, 0.05) is 10.5 Å². The van der Waals surface area contributed by atoms with Crippen molar-refractivity contribution in [3.8, 4) is 11.5 Å². The van der Waals surface area contributed by atoms with E-state index in [1.165, 1.54) is 12.1 Å². The number of ether oxygens (including phenoxy) is 2. The summed E-state index contributed by atoms with van der Waals surface area (Å²) in [5.41, 5.74) is 8.02. The van der Waals surface area contributed by atoms with Gasteiger partial charge in [0.05, 0.1) is 0 Å². The first kappa shape index (κ1) is 14.4. The first-order valence-electron chi connectivity index (χ1n) is 6.72. The van der Waals surface area contributed by atoms with E-state index in [-0.39, 0.29) is 11.9 Å². The van der Waals surface area contributed by atoms with Crippen LogP contribution in [-0.2, 0) is 6.42 Å². The minimum Gasteiger partial charge on any atom is -0.486 e. The molecule has 1 aliphatic heterocycles. The van der Waals surface area contributed by atoms with Gasteiger partial charge in [0.2, 0.25) is 0 Å². The molecule has 0 amide bonds. The van der Waals surface area contributed by atoms with Gasteiger partial charge in [-0.1, -0.05) is 22.0 Å². The Kier molecular flexibility index (Phi) is 4.12. The summed E-state index contributed by atoms with van der Waals surface area (Å²) >= 11 is 3.42. The van der Waals surface area contributed by atoms with E-state index in [4.69, 9.17) is 15.2 Å². The molecule has 0 spiro atoms. The lowest BCUT2D eigenvalue weighted by atomic mass is 9.99. The second-order valence-corrected chi connectivity index (χ2v) is 5.80. The second kappa shape index (κ2) is 6.03. The Morgan fingerprint density at radius 1 is 1.10 bits per heavy atom. The first-order valence-corrected chi connectivity index (χ1v) is 7.52. The SMILES string of the molecule is NC(Cc1cc(F)ccc1Br)c1ccc2c(c1)OCCO2. The van der Waals surface area contributed by atoms with Gasteiger partial charge in [-0.15, -0.1) is 0 Å². The number of benzene rings is 2. The van der Waals surface area contributed by atoms with Crippen molar-refractivity contribution in [3.05, 3.63) is 57.8 Å². The van der Waals surface area contributed by atoms with Crippen molar-refractivity contribution < 1.29 is 13.9 Å². The molecule has 0 saturated heterocycles. The summed E-state index contributed by atoms with van der Waals surface area (Å²) in [5.74, 6) is 1.19. The summed E-state index contributed by atoms with van der Waals surface area (Å²) < 4.78 is 25.2. The third kappa shape index (κ3) is 3.19. The third-order valence-corrected chi connectivity index (χ3v) is 4.22. The van der Waals surface area contributed by atoms with Gasteiger partial charge < -0.3 is 15.2 Å². The Bertz CT molecular complexity index is 663. The number of nitrogens with two attached hydrogens (primary N) is 1. The lowest BCUT2D eigenvalue weighted by Crippen LogP contribution is -2.17. The molecule has 2 N–H and O–H groups in total. The smallest absolute Gasteiger partial charge is 0.161 e. The van der Waals surface area contributed by atoms with Crippen LogP contribution >= 0.6 is 15.9 Å². The van der Waals surface area contributed by atoms with Crippen LogP contribution in [0.1, 0.15) is 17.2 Å². The van der Waals surface area contributed by atoms with E-state index in [2.05, 4.69) is 15.9 Å². The standard InChI is InChI=1S/C16H15BrFNO2/c17-13-3-2-12(18)7-11(13)8-14(19)10-1-4-15-16(9-10)21-6-5-20-15/h1-4,7,9,14H,5-6,8,19H2. The topological polar surface area (TPSA) is 44.5 Å². The fourth-order valence-corrected chi connectivity index (χ4v) is 2.75. The Balaban J connectivity index is 1.82. The highest BCUT2D eigenvalue weighted by Crippen LogP contribution is 2.33. The Morgan fingerprint density at radius 3 is 2.67 bits per heavy atom. The Morgan fingerprint density at radius 2 is 1.86 bits per heavy atom. The van der Waals surface area contributed by atoms with Crippen molar-refractivity contribution in [2.24, 2.45) is 5.73 Å². The zero-order valence-corrected chi connectivity index (χ0v) is 12.9. The van der Waals surface area contributed by atoms with Crippen LogP contribution < -0.4 is 15.2 Å². The van der Waals surface area contributed by atoms with Gasteiger partial charge in [0.15, 0.2) is 11.5 Å². The molecular formula is C16H15BrFNO2. The molecule has 1 atom stereocenters. The minimum absolute atomic E-state index is 0.237. The molecule has 0 aromatic heterocycles. The number of hydrogen-bond acceptors (Lipinski definition) is 3. The molecule has 110 valence electrons. The highest BCUT2D eigenvalue weighted by atomic mass is 79.9. The predicted molar refractivity (Wildman–Crippen MR) is 82.2 cm³/mol. The zero-order valence-electron chi connectivity index (χ0n) is 11.3. The number of rotatable bonds is 3. The van der Waals surface area contributed by atoms with Crippen LogP contribution in [0.25, 0.3) is 0 Å². The van der Waals surface area contributed by atoms with E-state index in [1.54, 1.807) is 6.07 Å². The fourth-order valence-electron chi connectivity index (χ4n) is 2.35. The van der Waals surface area contributed by atoms with Crippen molar-refractivity contribution in [2.45, 2.75) is 12.5 Å². The lowest BCUT2D eigenvalue weighted by molar-refractivity contribution is 0.171. The van der Waals surface area contributed by atoms with Gasteiger partial charge >= 0.3 is 0 Å². The van der Waals surface area contributed by atoms with E-state index in [1.807, 2.05) is 18.2 Å². The zero-order chi connectivity index (χ0) is 14.8. The Hall–Kier alpha value is -1.59. The van der Waals surface area contributed by atoms with Gasteiger partial charge in [-0.3, -0.25) is 0 Å². The van der Waals surface area contributed by atoms with Crippen LogP contribution in [0, 0.1) is 5.82 Å². The molecule has 1 heterocycles. The maximum atomic E-state index is 13.3. The van der Waals surface area contributed by atoms with Crippen molar-refractivity contribution in [1.82, 2.24) is 0 Å². The van der Waals surface area contributed by atoms with E-state index in [0.717, 1.165) is 21.3 Å². The maximum Gasteiger partial charge on any atom is 0.161 e. The van der Waals surface area contributed by atoms with E-state index < -0.39 is 0 Å². The molecule has 2 aromatic rings. The van der Waals surface area contributed by atoms with Crippen molar-refractivity contribution in [2.75, 3.05) is 13.2 Å². The summed E-state index contributed by atoms with van der Waals surface area (Å²) in [6.45, 7) is 1.11. The van der Waals surface area contributed by atoms with Crippen LogP contribution in [-0.4, -0.2) is 13.2 Å². The molecular weight excluding hydrogens is 337 g/mol. The summed E-state index contributed by atoms with van der Waals surface area (Å²) in [6.07, 6.45) is 0.540. The highest BCUT2D eigenvalue weighted by Gasteiger charge is 2.16.